The van der Waals surface area contributed by atoms with Gasteiger partial charge in [0, 0.05) is 13.0 Å². The van der Waals surface area contributed by atoms with Crippen LogP contribution in [0.4, 0.5) is 0 Å². The number of carbonyl (C=O) groups excluding carboxylic acids is 2. The van der Waals surface area contributed by atoms with Crippen LogP contribution in [0.3, 0.4) is 0 Å². The van der Waals surface area contributed by atoms with Crippen LogP contribution < -0.4 is 4.74 Å². The molecule has 1 aromatic carbocycles. The van der Waals surface area contributed by atoms with Gasteiger partial charge in [0.2, 0.25) is 5.16 Å². The number of hydrogen-bond donors (Lipinski definition) is 0. The fourth-order valence-electron chi connectivity index (χ4n) is 7.09. The molecular weight excluding hydrogens is 529 g/mol. The standard InChI is InChI=1S/C29H40BN3O6S/c1-17-19(10-11-21(36-6)26(17)18(2)34)13-24(40-27-31-16-33(32-27)12-8-9-25(35)37-7)30-38-23-15-20-14-22(28(20,3)4)29(23,5)39-30/h10-11,16,20,22-24H,8-9,12-15H2,1-7H3/t20?,22?,23?,24-,29-/m0/s1. The second-order valence-corrected chi connectivity index (χ2v) is 13.4. The lowest BCUT2D eigenvalue weighted by atomic mass is 9.43. The topological polar surface area (TPSA) is 102 Å². The van der Waals surface area contributed by atoms with Crippen molar-refractivity contribution in [2.24, 2.45) is 17.3 Å². The highest BCUT2D eigenvalue weighted by Gasteiger charge is 2.68. The zero-order valence-electron chi connectivity index (χ0n) is 24.6. The monoisotopic (exact) mass is 569 g/mol. The van der Waals surface area contributed by atoms with Crippen LogP contribution in [0.5, 0.6) is 5.75 Å². The van der Waals surface area contributed by atoms with Crippen LogP contribution in [-0.2, 0) is 31.8 Å². The summed E-state index contributed by atoms with van der Waals surface area (Å²) in [5.41, 5.74) is 2.47. The van der Waals surface area contributed by atoms with E-state index in [1.54, 1.807) is 25.0 Å². The molecule has 0 radical (unpaired) electrons. The van der Waals surface area contributed by atoms with Crippen LogP contribution >= 0.6 is 11.8 Å². The third-order valence-corrected chi connectivity index (χ3v) is 10.7. The molecule has 0 amide bonds. The molecule has 3 unspecified atom stereocenters. The molecule has 1 aliphatic heterocycles. The minimum Gasteiger partial charge on any atom is -0.496 e. The van der Waals surface area contributed by atoms with Crippen molar-refractivity contribution in [3.05, 3.63) is 35.2 Å². The van der Waals surface area contributed by atoms with Crippen molar-refractivity contribution in [1.29, 1.82) is 0 Å². The number of aromatic nitrogens is 3. The Morgan fingerprint density at radius 2 is 2.02 bits per heavy atom. The van der Waals surface area contributed by atoms with Crippen molar-refractivity contribution in [3.63, 3.8) is 0 Å². The third kappa shape index (κ3) is 5.20. The number of hydrogen-bond acceptors (Lipinski definition) is 9. The predicted octanol–water partition coefficient (Wildman–Crippen LogP) is 4.72. The van der Waals surface area contributed by atoms with Crippen molar-refractivity contribution in [2.45, 2.75) is 95.3 Å². The van der Waals surface area contributed by atoms with Gasteiger partial charge in [-0.15, -0.1) is 5.10 Å². The summed E-state index contributed by atoms with van der Waals surface area (Å²) in [5, 5.41) is 5.15. The molecule has 4 aliphatic rings. The zero-order valence-corrected chi connectivity index (χ0v) is 25.4. The molecular formula is C29H40BN3O6S. The molecule has 2 bridgehead atoms. The Labute approximate surface area is 241 Å². The lowest BCUT2D eigenvalue weighted by Gasteiger charge is -2.64. The molecule has 3 aliphatic carbocycles. The quantitative estimate of drug-likeness (QED) is 0.165. The number of esters is 1. The Bertz CT molecular complexity index is 1280. The molecule has 3 saturated carbocycles. The van der Waals surface area contributed by atoms with Crippen LogP contribution in [0.2, 0.25) is 0 Å². The molecule has 0 spiro atoms. The van der Waals surface area contributed by atoms with Gasteiger partial charge in [0.05, 0.1) is 36.6 Å². The number of aryl methyl sites for hydroxylation is 1. The third-order valence-electron chi connectivity index (χ3n) is 9.57. The number of benzene rings is 1. The van der Waals surface area contributed by atoms with Gasteiger partial charge in [0.15, 0.2) is 5.78 Å². The van der Waals surface area contributed by atoms with E-state index in [9.17, 15) is 9.59 Å². The number of rotatable bonds is 11. The van der Waals surface area contributed by atoms with Gasteiger partial charge in [-0.1, -0.05) is 31.7 Å². The van der Waals surface area contributed by atoms with Gasteiger partial charge in [0.1, 0.15) is 12.1 Å². The van der Waals surface area contributed by atoms with Crippen LogP contribution in [0.1, 0.15) is 74.9 Å². The zero-order chi connectivity index (χ0) is 28.8. The second kappa shape index (κ2) is 11.1. The fourth-order valence-corrected chi connectivity index (χ4v) is 8.11. The minimum atomic E-state index is -0.441. The number of carbonyl (C=O) groups is 2. The van der Waals surface area contributed by atoms with Gasteiger partial charge < -0.3 is 18.8 Å². The van der Waals surface area contributed by atoms with Crippen molar-refractivity contribution in [3.8, 4) is 5.75 Å². The molecule has 40 heavy (non-hydrogen) atoms. The molecule has 11 heteroatoms. The molecule has 0 N–H and O–H groups in total. The van der Waals surface area contributed by atoms with E-state index in [0.717, 1.165) is 17.5 Å². The summed E-state index contributed by atoms with van der Waals surface area (Å²) >= 11 is 1.54. The molecule has 2 heterocycles. The maximum Gasteiger partial charge on any atom is 0.472 e. The van der Waals surface area contributed by atoms with Crippen molar-refractivity contribution < 1.29 is 28.4 Å². The van der Waals surface area contributed by atoms with E-state index >= 15 is 0 Å². The Balaban J connectivity index is 1.39. The molecule has 6 rings (SSSR count). The van der Waals surface area contributed by atoms with Gasteiger partial charge in [-0.2, -0.15) is 0 Å². The Morgan fingerprint density at radius 1 is 1.25 bits per heavy atom. The summed E-state index contributed by atoms with van der Waals surface area (Å²) in [6.45, 7) is 11.1. The Hall–Kier alpha value is -2.37. The summed E-state index contributed by atoms with van der Waals surface area (Å²) in [6.07, 6.45) is 5.52. The maximum atomic E-state index is 12.5. The molecule has 9 nitrogen and oxygen atoms in total. The first kappa shape index (κ1) is 29.1. The Morgan fingerprint density at radius 3 is 2.70 bits per heavy atom. The highest BCUT2D eigenvalue weighted by atomic mass is 32.2. The van der Waals surface area contributed by atoms with Crippen molar-refractivity contribution >= 4 is 30.6 Å². The number of ether oxygens (including phenoxy) is 2. The molecule has 5 atom stereocenters. The highest BCUT2D eigenvalue weighted by Crippen LogP contribution is 2.66. The summed E-state index contributed by atoms with van der Waals surface area (Å²) < 4.78 is 25.5. The van der Waals surface area contributed by atoms with Crippen LogP contribution in [0, 0.1) is 24.2 Å². The first-order valence-electron chi connectivity index (χ1n) is 14.1. The highest BCUT2D eigenvalue weighted by molar-refractivity contribution is 8.01. The van der Waals surface area contributed by atoms with Gasteiger partial charge in [0.25, 0.3) is 0 Å². The van der Waals surface area contributed by atoms with Crippen LogP contribution in [-0.4, -0.2) is 64.7 Å². The predicted molar refractivity (Wildman–Crippen MR) is 152 cm³/mol. The van der Waals surface area contributed by atoms with Crippen molar-refractivity contribution in [1.82, 2.24) is 14.8 Å². The molecule has 2 aromatic rings. The number of ketones is 1. The molecule has 4 fully saturated rings. The smallest absolute Gasteiger partial charge is 0.472 e. The van der Waals surface area contributed by atoms with Gasteiger partial charge >= 0.3 is 13.1 Å². The van der Waals surface area contributed by atoms with E-state index in [0.29, 0.717) is 54.1 Å². The van der Waals surface area contributed by atoms with Crippen LogP contribution in [0.15, 0.2) is 23.6 Å². The van der Waals surface area contributed by atoms with E-state index in [1.807, 2.05) is 19.1 Å². The molecule has 216 valence electrons. The first-order valence-corrected chi connectivity index (χ1v) is 15.0. The SMILES string of the molecule is COC(=O)CCCn1cnc(S[C@@H](Cc2ccc(OC)c(C(C)=O)c2C)B2OC3CC4CC(C4(C)C)[C@]3(C)O2)n1. The summed E-state index contributed by atoms with van der Waals surface area (Å²) in [6, 6.07) is 3.89. The molecule has 1 aromatic heterocycles. The fraction of sp³-hybridized carbons (Fsp3) is 0.655. The van der Waals surface area contributed by atoms with E-state index in [2.05, 4.69) is 30.9 Å². The number of methoxy groups -OCH3 is 2. The number of Topliss-reactive ketones (excluding diaryl/α,β-unsaturated/α-hetero) is 1. The molecule has 1 saturated heterocycles. The lowest BCUT2D eigenvalue weighted by molar-refractivity contribution is -0.199. The van der Waals surface area contributed by atoms with E-state index < -0.39 is 7.12 Å². The van der Waals surface area contributed by atoms with Crippen molar-refractivity contribution in [2.75, 3.05) is 14.2 Å². The normalized spacial score (nSPS) is 27.1. The van der Waals surface area contributed by atoms with E-state index in [4.69, 9.17) is 18.8 Å². The maximum absolute atomic E-state index is 12.5. The van der Waals surface area contributed by atoms with Gasteiger partial charge in [-0.25, -0.2) is 4.98 Å². The number of thioether (sulfide) groups is 1. The average molecular weight is 570 g/mol. The van der Waals surface area contributed by atoms with Crippen LogP contribution in [0.25, 0.3) is 0 Å². The summed E-state index contributed by atoms with van der Waals surface area (Å²) in [7, 11) is 2.54. The largest absolute Gasteiger partial charge is 0.496 e. The van der Waals surface area contributed by atoms with Gasteiger partial charge in [-0.3, -0.25) is 14.3 Å². The number of nitrogens with zero attached hydrogens (tertiary/aromatic N) is 3. The second-order valence-electron chi connectivity index (χ2n) is 12.2. The summed E-state index contributed by atoms with van der Waals surface area (Å²) in [5.74, 6) is 1.44. The first-order chi connectivity index (χ1) is 19.0. The minimum absolute atomic E-state index is 0.0262. The average Bonchev–Trinajstić information content (AvgIpc) is 3.51. The Kier molecular flexibility index (Phi) is 8.11. The lowest BCUT2D eigenvalue weighted by Crippen LogP contribution is -2.65. The van der Waals surface area contributed by atoms with E-state index in [1.165, 1.54) is 25.3 Å². The van der Waals surface area contributed by atoms with Gasteiger partial charge in [-0.05, 0) is 80.9 Å². The summed E-state index contributed by atoms with van der Waals surface area (Å²) in [4.78, 5) is 28.5. The van der Waals surface area contributed by atoms with E-state index in [-0.39, 0.29) is 34.0 Å².